The number of amides is 3. The van der Waals surface area contributed by atoms with Crippen LogP contribution < -0.4 is 20.9 Å². The van der Waals surface area contributed by atoms with Gasteiger partial charge in [-0.05, 0) is 54.1 Å². The topological polar surface area (TPSA) is 96.5 Å². The third kappa shape index (κ3) is 6.30. The molecule has 0 bridgehead atoms. The Morgan fingerprint density at radius 3 is 2.44 bits per heavy atom. The number of benzene rings is 1. The van der Waals surface area contributed by atoms with Crippen LogP contribution >= 0.6 is 23.1 Å². The zero-order valence-electron chi connectivity index (χ0n) is 15.0. The molecule has 9 heteroatoms. The Kier molecular flexibility index (Phi) is 8.15. The molecule has 7 nitrogen and oxygen atoms in total. The van der Waals surface area contributed by atoms with E-state index in [0.29, 0.717) is 28.4 Å². The molecule has 0 saturated heterocycles. The van der Waals surface area contributed by atoms with E-state index >= 15 is 0 Å². The SMILES string of the molecule is COc1ccc(C(=O)N[C@@H](CCSC)C(=O)NNC(=O)c2cccs2)cc1. The third-order valence-corrected chi connectivity index (χ3v) is 5.14. The highest BCUT2D eigenvalue weighted by Crippen LogP contribution is 2.12. The average Bonchev–Trinajstić information content (AvgIpc) is 3.23. The van der Waals surface area contributed by atoms with Crippen molar-refractivity contribution >= 4 is 40.8 Å². The second-order valence-corrected chi connectivity index (χ2v) is 7.39. The van der Waals surface area contributed by atoms with Gasteiger partial charge in [-0.2, -0.15) is 11.8 Å². The summed E-state index contributed by atoms with van der Waals surface area (Å²) in [5.41, 5.74) is 5.16. The predicted octanol–water partition coefficient (Wildman–Crippen LogP) is 2.07. The summed E-state index contributed by atoms with van der Waals surface area (Å²) in [4.78, 5) is 37.3. The molecule has 0 radical (unpaired) electrons. The van der Waals surface area contributed by atoms with Crippen molar-refractivity contribution in [2.24, 2.45) is 0 Å². The molecule has 1 atom stereocenters. The first kappa shape index (κ1) is 20.8. The zero-order chi connectivity index (χ0) is 19.6. The summed E-state index contributed by atoms with van der Waals surface area (Å²) >= 11 is 2.83. The minimum Gasteiger partial charge on any atom is -0.497 e. The van der Waals surface area contributed by atoms with Crippen LogP contribution in [0, 0.1) is 0 Å². The Morgan fingerprint density at radius 2 is 1.85 bits per heavy atom. The monoisotopic (exact) mass is 407 g/mol. The molecule has 3 N–H and O–H groups in total. The smallest absolute Gasteiger partial charge is 0.279 e. The highest BCUT2D eigenvalue weighted by molar-refractivity contribution is 7.98. The number of hydrazine groups is 1. The number of carbonyl (C=O) groups excluding carboxylic acids is 3. The van der Waals surface area contributed by atoms with Crippen LogP contribution in [-0.4, -0.2) is 42.9 Å². The van der Waals surface area contributed by atoms with Crippen LogP contribution in [0.1, 0.15) is 26.5 Å². The number of carbonyl (C=O) groups is 3. The van der Waals surface area contributed by atoms with Crippen LogP contribution in [0.4, 0.5) is 0 Å². The molecule has 0 saturated carbocycles. The van der Waals surface area contributed by atoms with Crippen molar-refractivity contribution in [2.45, 2.75) is 12.5 Å². The molecule has 2 rings (SSSR count). The average molecular weight is 408 g/mol. The maximum absolute atomic E-state index is 12.4. The second kappa shape index (κ2) is 10.6. The fourth-order valence-corrected chi connectivity index (χ4v) is 3.25. The highest BCUT2D eigenvalue weighted by Gasteiger charge is 2.22. The molecule has 2 aromatic rings. The van der Waals surface area contributed by atoms with Gasteiger partial charge in [0.2, 0.25) is 0 Å². The molecule has 0 unspecified atom stereocenters. The van der Waals surface area contributed by atoms with Gasteiger partial charge in [-0.3, -0.25) is 25.2 Å². The third-order valence-electron chi connectivity index (χ3n) is 3.63. The van der Waals surface area contributed by atoms with Gasteiger partial charge in [-0.25, -0.2) is 0 Å². The lowest BCUT2D eigenvalue weighted by atomic mass is 10.1. The van der Waals surface area contributed by atoms with Crippen LogP contribution in [0.2, 0.25) is 0 Å². The lowest BCUT2D eigenvalue weighted by molar-refractivity contribution is -0.123. The summed E-state index contributed by atoms with van der Waals surface area (Å²) < 4.78 is 5.07. The first-order chi connectivity index (χ1) is 13.0. The van der Waals surface area contributed by atoms with Crippen molar-refractivity contribution in [3.63, 3.8) is 0 Å². The Labute approximate surface area is 165 Å². The Balaban J connectivity index is 1.96. The quantitative estimate of drug-likeness (QED) is 0.582. The molecule has 1 aromatic carbocycles. The fraction of sp³-hybridized carbons (Fsp3) is 0.278. The number of nitrogens with one attached hydrogen (secondary N) is 3. The Morgan fingerprint density at radius 1 is 1.11 bits per heavy atom. The molecule has 3 amide bonds. The molecule has 0 spiro atoms. The predicted molar refractivity (Wildman–Crippen MR) is 107 cm³/mol. The van der Waals surface area contributed by atoms with E-state index in [1.165, 1.54) is 11.3 Å². The van der Waals surface area contributed by atoms with Crippen LogP contribution in [0.3, 0.4) is 0 Å². The lowest BCUT2D eigenvalue weighted by Gasteiger charge is -2.18. The molecule has 0 fully saturated rings. The highest BCUT2D eigenvalue weighted by atomic mass is 32.2. The molecule has 0 aliphatic carbocycles. The number of thioether (sulfide) groups is 1. The number of rotatable bonds is 8. The van der Waals surface area contributed by atoms with Gasteiger partial charge >= 0.3 is 0 Å². The maximum atomic E-state index is 12.4. The van der Waals surface area contributed by atoms with Crippen LogP contribution in [-0.2, 0) is 4.79 Å². The maximum Gasteiger partial charge on any atom is 0.279 e. The molecule has 1 aromatic heterocycles. The van der Waals surface area contributed by atoms with Crippen molar-refractivity contribution < 1.29 is 19.1 Å². The van der Waals surface area contributed by atoms with Gasteiger partial charge in [0.15, 0.2) is 0 Å². The summed E-state index contributed by atoms with van der Waals surface area (Å²) in [6, 6.07) is 9.23. The fourth-order valence-electron chi connectivity index (χ4n) is 2.16. The first-order valence-electron chi connectivity index (χ1n) is 8.12. The van der Waals surface area contributed by atoms with Gasteiger partial charge in [-0.1, -0.05) is 6.07 Å². The van der Waals surface area contributed by atoms with Crippen molar-refractivity contribution in [1.29, 1.82) is 0 Å². The van der Waals surface area contributed by atoms with E-state index in [0.717, 1.165) is 0 Å². The summed E-state index contributed by atoms with van der Waals surface area (Å²) in [5, 5.41) is 4.48. The Hall–Kier alpha value is -2.52. The Bertz CT molecular complexity index is 763. The van der Waals surface area contributed by atoms with E-state index in [2.05, 4.69) is 16.2 Å². The van der Waals surface area contributed by atoms with Gasteiger partial charge in [0.05, 0.1) is 12.0 Å². The van der Waals surface area contributed by atoms with Crippen molar-refractivity contribution in [2.75, 3.05) is 19.1 Å². The van der Waals surface area contributed by atoms with Crippen LogP contribution in [0.5, 0.6) is 5.75 Å². The van der Waals surface area contributed by atoms with Gasteiger partial charge < -0.3 is 10.1 Å². The van der Waals surface area contributed by atoms with E-state index in [4.69, 9.17) is 4.74 Å². The van der Waals surface area contributed by atoms with Crippen LogP contribution in [0.15, 0.2) is 41.8 Å². The zero-order valence-corrected chi connectivity index (χ0v) is 16.6. The van der Waals surface area contributed by atoms with Gasteiger partial charge in [-0.15, -0.1) is 11.3 Å². The second-order valence-electron chi connectivity index (χ2n) is 5.46. The van der Waals surface area contributed by atoms with E-state index in [1.807, 2.05) is 6.26 Å². The largest absolute Gasteiger partial charge is 0.497 e. The number of hydrogen-bond donors (Lipinski definition) is 3. The summed E-state index contributed by atoms with van der Waals surface area (Å²) in [7, 11) is 1.54. The van der Waals surface area contributed by atoms with E-state index in [9.17, 15) is 14.4 Å². The number of hydrogen-bond acceptors (Lipinski definition) is 6. The summed E-state index contributed by atoms with van der Waals surface area (Å²) in [6.07, 6.45) is 2.35. The first-order valence-corrected chi connectivity index (χ1v) is 10.4. The minimum atomic E-state index is -0.768. The number of methoxy groups -OCH3 is 1. The molecule has 0 aliphatic rings. The van der Waals surface area contributed by atoms with Gasteiger partial charge in [0, 0.05) is 5.56 Å². The van der Waals surface area contributed by atoms with Gasteiger partial charge in [0.25, 0.3) is 17.7 Å². The molecular formula is C18H21N3O4S2. The standard InChI is InChI=1S/C18H21N3O4S2/c1-25-13-7-5-12(6-8-13)16(22)19-14(9-11-26-2)17(23)20-21-18(24)15-4-3-10-27-15/h3-8,10,14H,9,11H2,1-2H3,(H,19,22)(H,20,23)(H,21,24)/t14-/m0/s1. The molecule has 144 valence electrons. The van der Waals surface area contributed by atoms with E-state index < -0.39 is 17.9 Å². The van der Waals surface area contributed by atoms with E-state index in [-0.39, 0.29) is 5.91 Å². The minimum absolute atomic E-state index is 0.372. The van der Waals surface area contributed by atoms with Crippen molar-refractivity contribution in [1.82, 2.24) is 16.2 Å². The summed E-state index contributed by atoms with van der Waals surface area (Å²) in [6.45, 7) is 0. The molecule has 1 heterocycles. The van der Waals surface area contributed by atoms with Crippen molar-refractivity contribution in [3.8, 4) is 5.75 Å². The molecule has 27 heavy (non-hydrogen) atoms. The number of thiophene rings is 1. The summed E-state index contributed by atoms with van der Waals surface area (Å²) in [5.74, 6) is 0.0714. The van der Waals surface area contributed by atoms with Gasteiger partial charge in [0.1, 0.15) is 11.8 Å². The molecule has 0 aliphatic heterocycles. The number of ether oxygens (including phenoxy) is 1. The van der Waals surface area contributed by atoms with E-state index in [1.54, 1.807) is 60.6 Å². The van der Waals surface area contributed by atoms with Crippen LogP contribution in [0.25, 0.3) is 0 Å². The molecular weight excluding hydrogens is 386 g/mol. The van der Waals surface area contributed by atoms with Crippen molar-refractivity contribution in [3.05, 3.63) is 52.2 Å². The lowest BCUT2D eigenvalue weighted by Crippen LogP contribution is -2.52. The normalized spacial score (nSPS) is 11.3.